The predicted molar refractivity (Wildman–Crippen MR) is 52.9 cm³/mol. The summed E-state index contributed by atoms with van der Waals surface area (Å²) in [6.07, 6.45) is 8.24. The zero-order valence-corrected chi connectivity index (χ0v) is 8.15. The van der Waals surface area contributed by atoms with Crippen molar-refractivity contribution >= 4 is 12.3 Å². The van der Waals surface area contributed by atoms with Gasteiger partial charge in [-0.3, -0.25) is 0 Å². The van der Waals surface area contributed by atoms with Crippen molar-refractivity contribution in [1.29, 1.82) is 0 Å². The molecule has 0 spiro atoms. The third-order valence-electron chi connectivity index (χ3n) is 2.07. The van der Waals surface area contributed by atoms with Gasteiger partial charge in [0.2, 0.25) is 0 Å². The molecular formula is C10H13N3. The Labute approximate surface area is 77.8 Å². The topological polar surface area (TPSA) is 30.7 Å². The van der Waals surface area contributed by atoms with Crippen molar-refractivity contribution in [2.45, 2.75) is 20.8 Å². The van der Waals surface area contributed by atoms with E-state index in [2.05, 4.69) is 36.1 Å². The highest BCUT2D eigenvalue weighted by molar-refractivity contribution is 5.49. The summed E-state index contributed by atoms with van der Waals surface area (Å²) in [5.74, 6) is 1.71. The second-order valence-electron chi connectivity index (χ2n) is 3.93. The minimum atomic E-state index is 0.0935. The molecule has 1 aromatic heterocycles. The highest BCUT2D eigenvalue weighted by Gasteiger charge is 2.13. The van der Waals surface area contributed by atoms with E-state index in [0.717, 1.165) is 11.6 Å². The van der Waals surface area contributed by atoms with Gasteiger partial charge < -0.3 is 0 Å². The molecule has 1 aliphatic rings. The number of rotatable bonds is 0. The lowest BCUT2D eigenvalue weighted by atomic mass is 9.93. The Morgan fingerprint density at radius 1 is 1.31 bits per heavy atom. The smallest absolute Gasteiger partial charge is 0.155 e. The normalized spacial score (nSPS) is 18.4. The second kappa shape index (κ2) is 2.55. The average molecular weight is 175 g/mol. The summed E-state index contributed by atoms with van der Waals surface area (Å²) in [5.41, 5.74) is 0.0935. The molecule has 0 atom stereocenters. The standard InChI is InChI=1S/C10H13N3/c1-8-11-9-4-5-10(2,3)6-7-13(9)12-8/h4-7H,1-3H3. The van der Waals surface area contributed by atoms with Crippen LogP contribution in [-0.2, 0) is 0 Å². The van der Waals surface area contributed by atoms with Crippen LogP contribution in [0, 0.1) is 12.3 Å². The molecule has 0 saturated heterocycles. The number of fused-ring (bicyclic) bond motifs is 1. The fraction of sp³-hybridized carbons (Fsp3) is 0.400. The van der Waals surface area contributed by atoms with Gasteiger partial charge in [0.05, 0.1) is 0 Å². The van der Waals surface area contributed by atoms with Gasteiger partial charge in [0.25, 0.3) is 0 Å². The zero-order valence-electron chi connectivity index (χ0n) is 8.15. The molecule has 68 valence electrons. The molecule has 0 amide bonds. The first-order valence-corrected chi connectivity index (χ1v) is 4.39. The van der Waals surface area contributed by atoms with Crippen molar-refractivity contribution in [3.8, 4) is 0 Å². The Morgan fingerprint density at radius 2 is 2.08 bits per heavy atom. The number of allylic oxidation sites excluding steroid dienone is 2. The lowest BCUT2D eigenvalue weighted by Gasteiger charge is -2.11. The van der Waals surface area contributed by atoms with Gasteiger partial charge in [0.1, 0.15) is 5.82 Å². The Kier molecular flexibility index (Phi) is 1.62. The van der Waals surface area contributed by atoms with E-state index in [-0.39, 0.29) is 5.41 Å². The minimum Gasteiger partial charge on any atom is -0.221 e. The van der Waals surface area contributed by atoms with Crippen LogP contribution in [0.5, 0.6) is 0 Å². The highest BCUT2D eigenvalue weighted by atomic mass is 15.3. The van der Waals surface area contributed by atoms with Crippen LogP contribution >= 0.6 is 0 Å². The van der Waals surface area contributed by atoms with E-state index in [1.165, 1.54) is 0 Å². The molecule has 0 aromatic carbocycles. The maximum atomic E-state index is 4.29. The summed E-state index contributed by atoms with van der Waals surface area (Å²) >= 11 is 0. The number of aryl methyl sites for hydroxylation is 1. The molecule has 0 saturated carbocycles. The van der Waals surface area contributed by atoms with Gasteiger partial charge in [0, 0.05) is 11.6 Å². The lowest BCUT2D eigenvalue weighted by Crippen LogP contribution is -2.00. The Bertz CT molecular complexity index is 349. The monoisotopic (exact) mass is 175 g/mol. The van der Waals surface area contributed by atoms with E-state index in [1.807, 2.05) is 19.2 Å². The molecule has 2 heterocycles. The third kappa shape index (κ3) is 1.54. The molecule has 0 radical (unpaired) electrons. The predicted octanol–water partition coefficient (Wildman–Crippen LogP) is 2.11. The third-order valence-corrected chi connectivity index (χ3v) is 2.07. The lowest BCUT2D eigenvalue weighted by molar-refractivity contribution is 0.632. The van der Waals surface area contributed by atoms with E-state index in [4.69, 9.17) is 0 Å². The fourth-order valence-electron chi connectivity index (χ4n) is 1.28. The Balaban J connectivity index is 2.50. The SMILES string of the molecule is Cc1nc2n(n1)C=CC(C)(C)C=C2. The first-order chi connectivity index (χ1) is 6.07. The van der Waals surface area contributed by atoms with E-state index in [1.54, 1.807) is 4.68 Å². The van der Waals surface area contributed by atoms with Gasteiger partial charge in [-0.05, 0) is 13.0 Å². The highest BCUT2D eigenvalue weighted by Crippen LogP contribution is 2.23. The first kappa shape index (κ1) is 8.23. The molecule has 0 fully saturated rings. The summed E-state index contributed by atoms with van der Waals surface area (Å²) in [6, 6.07) is 0. The maximum absolute atomic E-state index is 4.29. The molecule has 0 aliphatic carbocycles. The van der Waals surface area contributed by atoms with Crippen molar-refractivity contribution in [2.75, 3.05) is 0 Å². The molecule has 1 aliphatic heterocycles. The number of hydrogen-bond acceptors (Lipinski definition) is 2. The van der Waals surface area contributed by atoms with Gasteiger partial charge in [-0.15, -0.1) is 0 Å². The van der Waals surface area contributed by atoms with Crippen LogP contribution < -0.4 is 0 Å². The quantitative estimate of drug-likeness (QED) is 0.604. The van der Waals surface area contributed by atoms with E-state index < -0.39 is 0 Å². The van der Waals surface area contributed by atoms with Crippen molar-refractivity contribution < 1.29 is 0 Å². The maximum Gasteiger partial charge on any atom is 0.155 e. The van der Waals surface area contributed by atoms with Crippen molar-refractivity contribution in [2.24, 2.45) is 5.41 Å². The summed E-state index contributed by atoms with van der Waals surface area (Å²) in [6.45, 7) is 6.20. The van der Waals surface area contributed by atoms with Crippen LogP contribution in [-0.4, -0.2) is 14.8 Å². The molecule has 0 unspecified atom stereocenters. The minimum absolute atomic E-state index is 0.0935. The molecule has 3 nitrogen and oxygen atoms in total. The fourth-order valence-corrected chi connectivity index (χ4v) is 1.28. The summed E-state index contributed by atoms with van der Waals surface area (Å²) in [5, 5.41) is 4.24. The van der Waals surface area contributed by atoms with Gasteiger partial charge in [-0.1, -0.05) is 26.0 Å². The van der Waals surface area contributed by atoms with Crippen LogP contribution in [0.15, 0.2) is 12.2 Å². The van der Waals surface area contributed by atoms with Gasteiger partial charge in [0.15, 0.2) is 5.82 Å². The van der Waals surface area contributed by atoms with Crippen LogP contribution in [0.1, 0.15) is 25.5 Å². The van der Waals surface area contributed by atoms with Crippen molar-refractivity contribution in [1.82, 2.24) is 14.8 Å². The molecule has 13 heavy (non-hydrogen) atoms. The van der Waals surface area contributed by atoms with Gasteiger partial charge in [-0.25, -0.2) is 9.67 Å². The van der Waals surface area contributed by atoms with Crippen LogP contribution in [0.4, 0.5) is 0 Å². The molecular weight excluding hydrogens is 162 g/mol. The van der Waals surface area contributed by atoms with Gasteiger partial charge >= 0.3 is 0 Å². The molecule has 1 aromatic rings. The molecule has 3 heteroatoms. The molecule has 0 bridgehead atoms. The number of aromatic nitrogens is 3. The number of nitrogens with zero attached hydrogens (tertiary/aromatic N) is 3. The van der Waals surface area contributed by atoms with E-state index in [0.29, 0.717) is 0 Å². The second-order valence-corrected chi connectivity index (χ2v) is 3.93. The van der Waals surface area contributed by atoms with Crippen LogP contribution in [0.2, 0.25) is 0 Å². The van der Waals surface area contributed by atoms with Crippen molar-refractivity contribution in [3.05, 3.63) is 23.8 Å². The van der Waals surface area contributed by atoms with E-state index in [9.17, 15) is 0 Å². The van der Waals surface area contributed by atoms with Crippen molar-refractivity contribution in [3.63, 3.8) is 0 Å². The summed E-state index contributed by atoms with van der Waals surface area (Å²) < 4.78 is 1.81. The molecule has 2 rings (SSSR count). The van der Waals surface area contributed by atoms with Gasteiger partial charge in [-0.2, -0.15) is 5.10 Å². The Morgan fingerprint density at radius 3 is 2.85 bits per heavy atom. The van der Waals surface area contributed by atoms with E-state index >= 15 is 0 Å². The Hall–Kier alpha value is -1.38. The average Bonchev–Trinajstić information content (AvgIpc) is 2.34. The zero-order chi connectivity index (χ0) is 9.47. The summed E-state index contributed by atoms with van der Waals surface area (Å²) in [7, 11) is 0. The number of hydrogen-bond donors (Lipinski definition) is 0. The summed E-state index contributed by atoms with van der Waals surface area (Å²) in [4.78, 5) is 4.29. The molecule has 0 N–H and O–H groups in total. The van der Waals surface area contributed by atoms with Crippen LogP contribution in [0.3, 0.4) is 0 Å². The van der Waals surface area contributed by atoms with Crippen LogP contribution in [0.25, 0.3) is 12.3 Å². The first-order valence-electron chi connectivity index (χ1n) is 4.39. The largest absolute Gasteiger partial charge is 0.221 e.